The van der Waals surface area contributed by atoms with Crippen LogP contribution in [-0.4, -0.2) is 51.5 Å². The number of para-hydroxylation sites is 1. The summed E-state index contributed by atoms with van der Waals surface area (Å²) in [6.07, 6.45) is 7.28. The van der Waals surface area contributed by atoms with Gasteiger partial charge in [-0.05, 0) is 12.1 Å². The van der Waals surface area contributed by atoms with Gasteiger partial charge in [0.05, 0.1) is 5.56 Å². The summed E-state index contributed by atoms with van der Waals surface area (Å²) in [5, 5.41) is 0.994. The molecule has 132 valence electrons. The summed E-state index contributed by atoms with van der Waals surface area (Å²) in [7, 11) is 0. The van der Waals surface area contributed by atoms with Gasteiger partial charge in [-0.15, -0.1) is 6.58 Å². The highest BCUT2D eigenvalue weighted by atomic mass is 16.2. The second-order valence-corrected chi connectivity index (χ2v) is 6.33. The third-order valence-electron chi connectivity index (χ3n) is 4.75. The Labute approximate surface area is 152 Å². The van der Waals surface area contributed by atoms with Gasteiger partial charge in [-0.25, -0.2) is 9.97 Å². The number of rotatable bonds is 4. The fraction of sp³-hybridized carbons (Fsp3) is 0.250. The second kappa shape index (κ2) is 7.00. The van der Waals surface area contributed by atoms with Gasteiger partial charge >= 0.3 is 0 Å². The van der Waals surface area contributed by atoms with Gasteiger partial charge in [0.25, 0.3) is 5.91 Å². The second-order valence-electron chi connectivity index (χ2n) is 6.33. The number of nitrogens with zero attached hydrogens (tertiary/aromatic N) is 5. The van der Waals surface area contributed by atoms with E-state index in [9.17, 15) is 4.79 Å². The molecule has 1 fully saturated rings. The molecule has 26 heavy (non-hydrogen) atoms. The molecule has 3 heterocycles. The average Bonchev–Trinajstić information content (AvgIpc) is 3.07. The maximum absolute atomic E-state index is 13.1. The van der Waals surface area contributed by atoms with Crippen LogP contribution in [0.3, 0.4) is 0 Å². The van der Waals surface area contributed by atoms with Crippen LogP contribution in [0.5, 0.6) is 0 Å². The van der Waals surface area contributed by atoms with Gasteiger partial charge in [-0.2, -0.15) is 0 Å². The van der Waals surface area contributed by atoms with E-state index < -0.39 is 0 Å². The lowest BCUT2D eigenvalue weighted by Gasteiger charge is -2.34. The molecule has 3 aromatic rings. The zero-order valence-corrected chi connectivity index (χ0v) is 14.6. The number of piperazine rings is 1. The van der Waals surface area contributed by atoms with Gasteiger partial charge in [-0.1, -0.05) is 24.3 Å². The minimum absolute atomic E-state index is 0.0812. The number of hydrogen-bond acceptors (Lipinski definition) is 4. The number of amides is 1. The molecular weight excluding hydrogens is 326 g/mol. The maximum atomic E-state index is 13.1. The van der Waals surface area contributed by atoms with Crippen molar-refractivity contribution in [2.24, 2.45) is 0 Å². The monoisotopic (exact) mass is 347 g/mol. The van der Waals surface area contributed by atoms with E-state index in [1.54, 1.807) is 12.4 Å². The Morgan fingerprint density at radius 1 is 1.08 bits per heavy atom. The molecule has 6 nitrogen and oxygen atoms in total. The van der Waals surface area contributed by atoms with Crippen molar-refractivity contribution >= 4 is 22.8 Å². The highest BCUT2D eigenvalue weighted by Crippen LogP contribution is 2.23. The van der Waals surface area contributed by atoms with Crippen LogP contribution in [0.1, 0.15) is 10.4 Å². The number of fused-ring (bicyclic) bond motifs is 1. The van der Waals surface area contributed by atoms with Crippen LogP contribution in [-0.2, 0) is 6.54 Å². The van der Waals surface area contributed by atoms with Crippen LogP contribution in [0.4, 0.5) is 5.95 Å². The molecule has 0 N–H and O–H groups in total. The minimum Gasteiger partial charge on any atom is -0.343 e. The lowest BCUT2D eigenvalue weighted by Crippen LogP contribution is -2.49. The van der Waals surface area contributed by atoms with Crippen molar-refractivity contribution in [1.82, 2.24) is 19.4 Å². The van der Waals surface area contributed by atoms with Crippen molar-refractivity contribution in [1.29, 1.82) is 0 Å². The summed E-state index contributed by atoms with van der Waals surface area (Å²) in [5.41, 5.74) is 1.82. The van der Waals surface area contributed by atoms with E-state index in [0.717, 1.165) is 35.5 Å². The van der Waals surface area contributed by atoms with Crippen molar-refractivity contribution in [2.75, 3.05) is 31.1 Å². The first-order chi connectivity index (χ1) is 12.8. The van der Waals surface area contributed by atoms with Gasteiger partial charge < -0.3 is 14.4 Å². The summed E-state index contributed by atoms with van der Waals surface area (Å²) < 4.78 is 2.07. The fourth-order valence-corrected chi connectivity index (χ4v) is 3.44. The van der Waals surface area contributed by atoms with Gasteiger partial charge in [0.15, 0.2) is 0 Å². The Morgan fingerprint density at radius 3 is 2.54 bits per heavy atom. The van der Waals surface area contributed by atoms with Gasteiger partial charge in [-0.3, -0.25) is 4.79 Å². The first-order valence-corrected chi connectivity index (χ1v) is 8.78. The lowest BCUT2D eigenvalue weighted by molar-refractivity contribution is 0.0748. The molecule has 1 amide bonds. The Kier molecular flexibility index (Phi) is 4.39. The third kappa shape index (κ3) is 2.94. The number of allylic oxidation sites excluding steroid dienone is 1. The van der Waals surface area contributed by atoms with Crippen molar-refractivity contribution < 1.29 is 4.79 Å². The minimum atomic E-state index is 0.0812. The van der Waals surface area contributed by atoms with Crippen LogP contribution < -0.4 is 4.90 Å². The molecule has 0 spiro atoms. The van der Waals surface area contributed by atoms with Crippen LogP contribution in [0.25, 0.3) is 10.9 Å². The number of carbonyl (C=O) groups is 1. The van der Waals surface area contributed by atoms with Gasteiger partial charge in [0.2, 0.25) is 5.95 Å². The average molecular weight is 347 g/mol. The fourth-order valence-electron chi connectivity index (χ4n) is 3.44. The zero-order chi connectivity index (χ0) is 17.9. The third-order valence-corrected chi connectivity index (χ3v) is 4.75. The van der Waals surface area contributed by atoms with Crippen molar-refractivity contribution in [3.63, 3.8) is 0 Å². The number of aromatic nitrogens is 3. The van der Waals surface area contributed by atoms with E-state index in [1.807, 2.05) is 47.5 Å². The molecule has 0 atom stereocenters. The van der Waals surface area contributed by atoms with E-state index in [0.29, 0.717) is 19.6 Å². The Morgan fingerprint density at radius 2 is 1.81 bits per heavy atom. The standard InChI is InChI=1S/C20H21N5O/c1-2-10-25-15-17(16-6-3-4-7-18(16)25)19(26)23-11-13-24(14-12-23)20-21-8-5-9-22-20/h2-9,15H,1,10-14H2. The summed E-state index contributed by atoms with van der Waals surface area (Å²) in [5.74, 6) is 0.805. The number of anilines is 1. The Balaban J connectivity index is 1.54. The first-order valence-electron chi connectivity index (χ1n) is 8.78. The Hall–Kier alpha value is -3.15. The number of hydrogen-bond donors (Lipinski definition) is 0. The van der Waals surface area contributed by atoms with E-state index in [-0.39, 0.29) is 5.91 Å². The number of carbonyl (C=O) groups excluding carboxylic acids is 1. The molecule has 0 aliphatic carbocycles. The predicted molar refractivity (Wildman–Crippen MR) is 102 cm³/mol. The molecule has 1 aliphatic heterocycles. The molecule has 0 unspecified atom stereocenters. The molecule has 2 aromatic heterocycles. The highest BCUT2D eigenvalue weighted by molar-refractivity contribution is 6.07. The van der Waals surface area contributed by atoms with E-state index in [1.165, 1.54) is 0 Å². The molecule has 1 aliphatic rings. The van der Waals surface area contributed by atoms with Crippen LogP contribution >= 0.6 is 0 Å². The van der Waals surface area contributed by atoms with E-state index in [4.69, 9.17) is 0 Å². The Bertz CT molecular complexity index is 926. The maximum Gasteiger partial charge on any atom is 0.256 e. The topological polar surface area (TPSA) is 54.3 Å². The summed E-state index contributed by atoms with van der Waals surface area (Å²) in [6, 6.07) is 9.83. The van der Waals surface area contributed by atoms with Crippen molar-refractivity contribution in [2.45, 2.75) is 6.54 Å². The molecule has 0 saturated carbocycles. The lowest BCUT2D eigenvalue weighted by atomic mass is 10.1. The quantitative estimate of drug-likeness (QED) is 0.681. The molecule has 1 saturated heterocycles. The predicted octanol–water partition coefficient (Wildman–Crippen LogP) is 2.58. The van der Waals surface area contributed by atoms with Gasteiger partial charge in [0, 0.05) is 62.2 Å². The normalized spacial score (nSPS) is 14.6. The van der Waals surface area contributed by atoms with Crippen molar-refractivity contribution in [3.8, 4) is 0 Å². The summed E-state index contributed by atoms with van der Waals surface area (Å²) in [6.45, 7) is 7.30. The largest absolute Gasteiger partial charge is 0.343 e. The molecule has 1 aromatic carbocycles. The molecule has 4 rings (SSSR count). The number of benzene rings is 1. The van der Waals surface area contributed by atoms with Crippen molar-refractivity contribution in [3.05, 3.63) is 67.1 Å². The summed E-state index contributed by atoms with van der Waals surface area (Å²) in [4.78, 5) is 25.7. The van der Waals surface area contributed by atoms with Crippen LogP contribution in [0.15, 0.2) is 61.6 Å². The van der Waals surface area contributed by atoms with Crippen LogP contribution in [0, 0.1) is 0 Å². The zero-order valence-electron chi connectivity index (χ0n) is 14.6. The highest BCUT2D eigenvalue weighted by Gasteiger charge is 2.25. The summed E-state index contributed by atoms with van der Waals surface area (Å²) >= 11 is 0. The van der Waals surface area contributed by atoms with Crippen LogP contribution in [0.2, 0.25) is 0 Å². The van der Waals surface area contributed by atoms with Gasteiger partial charge in [0.1, 0.15) is 0 Å². The molecule has 0 radical (unpaired) electrons. The smallest absolute Gasteiger partial charge is 0.256 e. The molecule has 6 heteroatoms. The molecule has 0 bridgehead atoms. The van der Waals surface area contributed by atoms with E-state index in [2.05, 4.69) is 26.0 Å². The SMILES string of the molecule is C=CCn1cc(C(=O)N2CCN(c3ncccn3)CC2)c2ccccc21. The first kappa shape index (κ1) is 16.3. The van der Waals surface area contributed by atoms with E-state index >= 15 is 0 Å². The molecular formula is C20H21N5O.